The summed E-state index contributed by atoms with van der Waals surface area (Å²) in [7, 11) is 1.43. The number of carbonyl (C=O) groups is 1. The summed E-state index contributed by atoms with van der Waals surface area (Å²) in [5.74, 6) is 1.34. The van der Waals surface area contributed by atoms with Crippen molar-refractivity contribution in [3.63, 3.8) is 0 Å². The number of ether oxygens (including phenoxy) is 1. The third-order valence-electron chi connectivity index (χ3n) is 5.26. The van der Waals surface area contributed by atoms with E-state index in [2.05, 4.69) is 24.7 Å². The number of nitrogens with two attached hydrogens (primary N) is 1. The van der Waals surface area contributed by atoms with Crippen LogP contribution in [0.25, 0.3) is 0 Å². The summed E-state index contributed by atoms with van der Waals surface area (Å²) >= 11 is 0. The second-order valence-electron chi connectivity index (χ2n) is 6.77. The van der Waals surface area contributed by atoms with E-state index in [0.717, 1.165) is 63.7 Å². The molecule has 0 unspecified atom stereocenters. The van der Waals surface area contributed by atoms with Crippen LogP contribution < -0.4 is 15.5 Å². The molecule has 2 saturated heterocycles. The Morgan fingerprint density at radius 1 is 1.15 bits per heavy atom. The van der Waals surface area contributed by atoms with Gasteiger partial charge in [-0.2, -0.15) is 0 Å². The van der Waals surface area contributed by atoms with E-state index in [-0.39, 0.29) is 18.5 Å². The van der Waals surface area contributed by atoms with Crippen molar-refractivity contribution in [3.8, 4) is 0 Å². The van der Waals surface area contributed by atoms with Crippen LogP contribution >= 0.6 is 0 Å². The van der Waals surface area contributed by atoms with Crippen molar-refractivity contribution in [1.29, 1.82) is 0 Å². The van der Waals surface area contributed by atoms with Crippen molar-refractivity contribution in [3.05, 3.63) is 6.33 Å². The van der Waals surface area contributed by atoms with Crippen molar-refractivity contribution in [2.45, 2.75) is 12.8 Å². The number of piperazine rings is 1. The number of esters is 1. The molecule has 26 heavy (non-hydrogen) atoms. The summed E-state index contributed by atoms with van der Waals surface area (Å²) in [5, 5.41) is 9.06. The second-order valence-corrected chi connectivity index (χ2v) is 6.77. The van der Waals surface area contributed by atoms with Gasteiger partial charge < -0.3 is 25.4 Å². The molecule has 0 bridgehead atoms. The molecule has 9 heteroatoms. The Balaban J connectivity index is 1.66. The fourth-order valence-electron chi connectivity index (χ4n) is 3.70. The molecule has 0 amide bonds. The van der Waals surface area contributed by atoms with E-state index in [1.807, 2.05) is 0 Å². The second kappa shape index (κ2) is 8.50. The Hall–Kier alpha value is -2.13. The quantitative estimate of drug-likeness (QED) is 0.672. The van der Waals surface area contributed by atoms with E-state index in [1.165, 1.54) is 7.11 Å². The van der Waals surface area contributed by atoms with Gasteiger partial charge in [-0.15, -0.1) is 0 Å². The molecule has 1 aromatic rings. The van der Waals surface area contributed by atoms with Gasteiger partial charge in [0, 0.05) is 45.8 Å². The monoisotopic (exact) mass is 364 g/mol. The molecule has 3 N–H and O–H groups in total. The fraction of sp³-hybridized carbons (Fsp3) is 0.706. The Labute approximate surface area is 153 Å². The van der Waals surface area contributed by atoms with Crippen LogP contribution in [0, 0.1) is 5.92 Å². The first-order chi connectivity index (χ1) is 12.6. The minimum Gasteiger partial charge on any atom is -0.469 e. The number of nitrogen functional groups attached to an aromatic ring is 1. The number of aromatic nitrogens is 2. The molecular formula is C17H28N6O3. The molecule has 2 aliphatic heterocycles. The molecular weight excluding hydrogens is 336 g/mol. The maximum atomic E-state index is 11.7. The molecule has 3 heterocycles. The number of anilines is 3. The SMILES string of the molecule is COC(=O)C1CCN(c2ncnc(N3CCN(CCO)CC3)c2N)CC1. The van der Waals surface area contributed by atoms with Gasteiger partial charge in [0.15, 0.2) is 11.6 Å². The van der Waals surface area contributed by atoms with Crippen molar-refractivity contribution in [2.75, 3.05) is 75.1 Å². The first-order valence-corrected chi connectivity index (χ1v) is 9.15. The van der Waals surface area contributed by atoms with Crippen molar-refractivity contribution >= 4 is 23.3 Å². The number of hydrogen-bond donors (Lipinski definition) is 2. The zero-order valence-electron chi connectivity index (χ0n) is 15.3. The number of β-amino-alcohol motifs (C(OH)–C–C–N with tert-alkyl or cyclic N) is 1. The standard InChI is InChI=1S/C17H28N6O3/c1-26-17(25)13-2-4-22(5-3-13)15-14(18)16(20-12-19-15)23-8-6-21(7-9-23)10-11-24/h12-13,24H,2-11,18H2,1H3. The van der Waals surface area contributed by atoms with E-state index in [9.17, 15) is 4.79 Å². The zero-order chi connectivity index (χ0) is 18.5. The molecule has 0 radical (unpaired) electrons. The van der Waals surface area contributed by atoms with Crippen LogP contribution in [0.4, 0.5) is 17.3 Å². The lowest BCUT2D eigenvalue weighted by molar-refractivity contribution is -0.146. The lowest BCUT2D eigenvalue weighted by Gasteiger charge is -2.37. The smallest absolute Gasteiger partial charge is 0.308 e. The first kappa shape index (κ1) is 18.7. The molecule has 1 aromatic heterocycles. The van der Waals surface area contributed by atoms with Gasteiger partial charge in [0.1, 0.15) is 12.0 Å². The summed E-state index contributed by atoms with van der Waals surface area (Å²) in [4.78, 5) is 27.0. The van der Waals surface area contributed by atoms with Gasteiger partial charge in [-0.05, 0) is 12.8 Å². The summed E-state index contributed by atoms with van der Waals surface area (Å²) in [6.07, 6.45) is 3.05. The van der Waals surface area contributed by atoms with Gasteiger partial charge in [0.25, 0.3) is 0 Å². The predicted molar refractivity (Wildman–Crippen MR) is 99.1 cm³/mol. The van der Waals surface area contributed by atoms with Crippen LogP contribution in [0.5, 0.6) is 0 Å². The molecule has 0 aromatic carbocycles. The Bertz CT molecular complexity index is 613. The molecule has 0 spiro atoms. The highest BCUT2D eigenvalue weighted by Crippen LogP contribution is 2.32. The van der Waals surface area contributed by atoms with E-state index in [0.29, 0.717) is 12.2 Å². The van der Waals surface area contributed by atoms with Crippen molar-refractivity contribution in [2.24, 2.45) is 5.92 Å². The molecule has 3 rings (SSSR count). The minimum atomic E-state index is -0.137. The number of aliphatic hydroxyl groups is 1. The van der Waals surface area contributed by atoms with Crippen LogP contribution in [0.2, 0.25) is 0 Å². The topological polar surface area (TPSA) is 108 Å². The van der Waals surface area contributed by atoms with Gasteiger partial charge in [-0.3, -0.25) is 9.69 Å². The third-order valence-corrected chi connectivity index (χ3v) is 5.26. The first-order valence-electron chi connectivity index (χ1n) is 9.15. The van der Waals surface area contributed by atoms with Crippen LogP contribution in [0.15, 0.2) is 6.33 Å². The normalized spacial score (nSPS) is 19.6. The molecule has 2 fully saturated rings. The molecule has 2 aliphatic rings. The lowest BCUT2D eigenvalue weighted by Crippen LogP contribution is -2.47. The molecule has 0 saturated carbocycles. The largest absolute Gasteiger partial charge is 0.469 e. The van der Waals surface area contributed by atoms with Crippen LogP contribution in [0.1, 0.15) is 12.8 Å². The van der Waals surface area contributed by atoms with E-state index in [4.69, 9.17) is 15.6 Å². The number of rotatable bonds is 5. The lowest BCUT2D eigenvalue weighted by atomic mass is 9.97. The number of methoxy groups -OCH3 is 1. The van der Waals surface area contributed by atoms with Crippen LogP contribution in [-0.2, 0) is 9.53 Å². The van der Waals surface area contributed by atoms with Gasteiger partial charge in [-0.1, -0.05) is 0 Å². The Morgan fingerprint density at radius 3 is 2.27 bits per heavy atom. The number of aliphatic hydroxyl groups excluding tert-OH is 1. The Kier molecular flexibility index (Phi) is 6.10. The highest BCUT2D eigenvalue weighted by Gasteiger charge is 2.28. The van der Waals surface area contributed by atoms with E-state index < -0.39 is 0 Å². The van der Waals surface area contributed by atoms with Crippen LogP contribution in [0.3, 0.4) is 0 Å². The Morgan fingerprint density at radius 2 is 1.73 bits per heavy atom. The molecule has 144 valence electrons. The highest BCUT2D eigenvalue weighted by molar-refractivity contribution is 5.77. The number of hydrogen-bond acceptors (Lipinski definition) is 9. The van der Waals surface area contributed by atoms with Crippen molar-refractivity contribution in [1.82, 2.24) is 14.9 Å². The van der Waals surface area contributed by atoms with Gasteiger partial charge in [0.05, 0.1) is 19.6 Å². The van der Waals surface area contributed by atoms with E-state index in [1.54, 1.807) is 6.33 Å². The fourth-order valence-corrected chi connectivity index (χ4v) is 3.70. The highest BCUT2D eigenvalue weighted by atomic mass is 16.5. The van der Waals surface area contributed by atoms with Gasteiger partial charge >= 0.3 is 5.97 Å². The van der Waals surface area contributed by atoms with Crippen LogP contribution in [-0.4, -0.2) is 85.5 Å². The zero-order valence-corrected chi connectivity index (χ0v) is 15.3. The third kappa shape index (κ3) is 3.99. The van der Waals surface area contributed by atoms with Crippen molar-refractivity contribution < 1.29 is 14.6 Å². The van der Waals surface area contributed by atoms with Gasteiger partial charge in [-0.25, -0.2) is 9.97 Å². The average Bonchev–Trinajstić information content (AvgIpc) is 2.69. The molecule has 0 atom stereocenters. The molecule has 0 aliphatic carbocycles. The number of carbonyl (C=O) groups excluding carboxylic acids is 1. The predicted octanol–water partition coefficient (Wildman–Crippen LogP) is -0.437. The maximum Gasteiger partial charge on any atom is 0.308 e. The number of nitrogens with zero attached hydrogens (tertiary/aromatic N) is 5. The maximum absolute atomic E-state index is 11.7. The van der Waals surface area contributed by atoms with Gasteiger partial charge in [0.2, 0.25) is 0 Å². The summed E-state index contributed by atoms with van der Waals surface area (Å²) in [5.41, 5.74) is 7.00. The summed E-state index contributed by atoms with van der Waals surface area (Å²) in [6.45, 7) is 5.74. The van der Waals surface area contributed by atoms with E-state index >= 15 is 0 Å². The average molecular weight is 364 g/mol. The summed E-state index contributed by atoms with van der Waals surface area (Å²) < 4.78 is 4.84. The minimum absolute atomic E-state index is 0.0432. The summed E-state index contributed by atoms with van der Waals surface area (Å²) in [6, 6.07) is 0. The number of piperidine rings is 1. The molecule has 9 nitrogen and oxygen atoms in total.